The lowest BCUT2D eigenvalue weighted by atomic mass is 10.1. The maximum atomic E-state index is 4.60. The number of H-pyrrole nitrogens is 1. The largest absolute Gasteiger partial charge is 0.361 e. The number of hydrogen-bond acceptors (Lipinski definition) is 3. The van der Waals surface area contributed by atoms with Gasteiger partial charge in [-0.15, -0.1) is 24.0 Å². The summed E-state index contributed by atoms with van der Waals surface area (Å²) in [6.07, 6.45) is 10.2. The third-order valence-corrected chi connectivity index (χ3v) is 5.79. The van der Waals surface area contributed by atoms with Gasteiger partial charge in [-0.2, -0.15) is 0 Å². The van der Waals surface area contributed by atoms with Gasteiger partial charge in [-0.3, -0.25) is 4.99 Å². The van der Waals surface area contributed by atoms with E-state index >= 15 is 0 Å². The van der Waals surface area contributed by atoms with Crippen molar-refractivity contribution in [2.24, 2.45) is 4.99 Å². The first kappa shape index (κ1) is 23.4. The van der Waals surface area contributed by atoms with Crippen molar-refractivity contribution in [3.8, 4) is 0 Å². The molecule has 1 aromatic carbocycles. The molecule has 0 amide bonds. The van der Waals surface area contributed by atoms with E-state index in [1.807, 2.05) is 13.2 Å². The smallest absolute Gasteiger partial charge is 0.191 e. The highest BCUT2D eigenvalue weighted by Crippen LogP contribution is 2.19. The summed E-state index contributed by atoms with van der Waals surface area (Å²) in [5.74, 6) is 1.92. The van der Waals surface area contributed by atoms with Crippen molar-refractivity contribution in [3.05, 3.63) is 59.9 Å². The number of anilines is 1. The maximum Gasteiger partial charge on any atom is 0.191 e. The maximum absolute atomic E-state index is 4.60. The Bertz CT molecular complexity index is 975. The predicted octanol–water partition coefficient (Wildman–Crippen LogP) is 4.47. The van der Waals surface area contributed by atoms with Gasteiger partial charge in [-0.25, -0.2) is 4.98 Å². The number of nitrogens with one attached hydrogen (secondary N) is 3. The standard InChI is InChI=1S/C24H32N6.HI/c1-25-24(27-13-11-20-18-28-22-9-5-4-8-21(20)22)29-17-19-10-12-26-23(16-19)30-14-6-2-3-7-15-30;/h4-5,8-10,12,16,18,28H,2-3,6-7,11,13-15,17H2,1H3,(H2,25,27,29);1H. The van der Waals surface area contributed by atoms with Crippen LogP contribution in [0.15, 0.2) is 53.8 Å². The Morgan fingerprint density at radius 2 is 1.90 bits per heavy atom. The monoisotopic (exact) mass is 532 g/mol. The number of guanidine groups is 1. The zero-order valence-electron chi connectivity index (χ0n) is 18.2. The number of para-hydroxylation sites is 1. The summed E-state index contributed by atoms with van der Waals surface area (Å²) in [6, 6.07) is 12.7. The molecule has 6 nitrogen and oxygen atoms in total. The molecule has 2 aromatic heterocycles. The summed E-state index contributed by atoms with van der Waals surface area (Å²) >= 11 is 0. The van der Waals surface area contributed by atoms with E-state index in [9.17, 15) is 0 Å². The molecule has 0 unspecified atom stereocenters. The average molecular weight is 532 g/mol. The first-order valence-corrected chi connectivity index (χ1v) is 11.0. The van der Waals surface area contributed by atoms with E-state index in [0.29, 0.717) is 0 Å². The molecule has 3 aromatic rings. The molecular formula is C24H33IN6. The lowest BCUT2D eigenvalue weighted by molar-refractivity contribution is 0.726. The highest BCUT2D eigenvalue weighted by molar-refractivity contribution is 14.0. The van der Waals surface area contributed by atoms with Crippen LogP contribution in [0, 0.1) is 0 Å². The van der Waals surface area contributed by atoms with Crippen LogP contribution in [0.1, 0.15) is 36.8 Å². The van der Waals surface area contributed by atoms with Crippen molar-refractivity contribution in [3.63, 3.8) is 0 Å². The SMILES string of the molecule is CN=C(NCCc1c[nH]c2ccccc12)NCc1ccnc(N2CCCCCC2)c1.I. The number of nitrogens with zero attached hydrogens (tertiary/aromatic N) is 3. The van der Waals surface area contributed by atoms with Crippen molar-refractivity contribution in [2.45, 2.75) is 38.6 Å². The van der Waals surface area contributed by atoms with Crippen molar-refractivity contribution in [2.75, 3.05) is 31.6 Å². The second kappa shape index (κ2) is 11.9. The molecule has 166 valence electrons. The van der Waals surface area contributed by atoms with E-state index in [1.165, 1.54) is 47.7 Å². The molecule has 0 atom stereocenters. The van der Waals surface area contributed by atoms with Gasteiger partial charge in [0.15, 0.2) is 5.96 Å². The number of rotatable bonds is 6. The molecule has 4 rings (SSSR count). The summed E-state index contributed by atoms with van der Waals surface area (Å²) in [5, 5.41) is 8.15. The van der Waals surface area contributed by atoms with Gasteiger partial charge in [0.05, 0.1) is 0 Å². The molecule has 0 radical (unpaired) electrons. The summed E-state index contributed by atoms with van der Waals surface area (Å²) in [4.78, 5) is 14.7. The Morgan fingerprint density at radius 1 is 1.10 bits per heavy atom. The zero-order valence-corrected chi connectivity index (χ0v) is 20.6. The molecule has 7 heteroatoms. The van der Waals surface area contributed by atoms with Gasteiger partial charge in [0, 0.05) is 56.5 Å². The highest BCUT2D eigenvalue weighted by Gasteiger charge is 2.11. The van der Waals surface area contributed by atoms with E-state index in [-0.39, 0.29) is 24.0 Å². The fourth-order valence-electron chi connectivity index (χ4n) is 4.10. The number of aromatic amines is 1. The molecular weight excluding hydrogens is 499 g/mol. The molecule has 0 spiro atoms. The molecule has 1 saturated heterocycles. The van der Waals surface area contributed by atoms with Crippen LogP contribution in [0.25, 0.3) is 10.9 Å². The van der Waals surface area contributed by atoms with Gasteiger partial charge in [0.25, 0.3) is 0 Å². The molecule has 3 N–H and O–H groups in total. The van der Waals surface area contributed by atoms with E-state index in [2.05, 4.69) is 73.1 Å². The number of hydrogen-bond donors (Lipinski definition) is 3. The summed E-state index contributed by atoms with van der Waals surface area (Å²) in [7, 11) is 1.82. The molecule has 3 heterocycles. The lowest BCUT2D eigenvalue weighted by Gasteiger charge is -2.22. The number of benzene rings is 1. The van der Waals surface area contributed by atoms with Gasteiger partial charge < -0.3 is 20.5 Å². The first-order valence-electron chi connectivity index (χ1n) is 11.0. The van der Waals surface area contributed by atoms with E-state index in [0.717, 1.165) is 44.4 Å². The van der Waals surface area contributed by atoms with Crippen LogP contribution in [0.4, 0.5) is 5.82 Å². The second-order valence-corrected chi connectivity index (χ2v) is 7.89. The van der Waals surface area contributed by atoms with Crippen LogP contribution in [0.3, 0.4) is 0 Å². The third kappa shape index (κ3) is 6.35. The van der Waals surface area contributed by atoms with Crippen molar-refractivity contribution in [1.29, 1.82) is 0 Å². The fourth-order valence-corrected chi connectivity index (χ4v) is 4.10. The number of halogens is 1. The minimum absolute atomic E-state index is 0. The molecule has 0 aliphatic carbocycles. The molecule has 1 aliphatic heterocycles. The Hall–Kier alpha value is -2.29. The molecule has 31 heavy (non-hydrogen) atoms. The molecule has 1 aliphatic rings. The van der Waals surface area contributed by atoms with Crippen LogP contribution in [0.2, 0.25) is 0 Å². The van der Waals surface area contributed by atoms with Gasteiger partial charge in [0.1, 0.15) is 5.82 Å². The van der Waals surface area contributed by atoms with Gasteiger partial charge in [-0.1, -0.05) is 31.0 Å². The topological polar surface area (TPSA) is 68.3 Å². The van der Waals surface area contributed by atoms with Crippen LogP contribution in [-0.4, -0.2) is 42.6 Å². The molecule has 1 fully saturated rings. The third-order valence-electron chi connectivity index (χ3n) is 5.79. The van der Waals surface area contributed by atoms with Gasteiger partial charge in [0.2, 0.25) is 0 Å². The van der Waals surface area contributed by atoms with Crippen molar-refractivity contribution < 1.29 is 0 Å². The van der Waals surface area contributed by atoms with E-state index < -0.39 is 0 Å². The second-order valence-electron chi connectivity index (χ2n) is 7.89. The minimum Gasteiger partial charge on any atom is -0.361 e. The van der Waals surface area contributed by atoms with Crippen LogP contribution < -0.4 is 15.5 Å². The Balaban J connectivity index is 0.00000272. The van der Waals surface area contributed by atoms with E-state index in [1.54, 1.807) is 0 Å². The molecule has 0 bridgehead atoms. The Kier molecular flexibility index (Phi) is 8.99. The van der Waals surface area contributed by atoms with Crippen LogP contribution in [0.5, 0.6) is 0 Å². The van der Waals surface area contributed by atoms with Gasteiger partial charge in [-0.05, 0) is 48.6 Å². The number of aromatic nitrogens is 2. The van der Waals surface area contributed by atoms with Crippen LogP contribution in [-0.2, 0) is 13.0 Å². The summed E-state index contributed by atoms with van der Waals surface area (Å²) in [5.41, 5.74) is 3.74. The number of pyridine rings is 1. The first-order chi connectivity index (χ1) is 14.8. The predicted molar refractivity (Wildman–Crippen MR) is 141 cm³/mol. The Morgan fingerprint density at radius 3 is 2.71 bits per heavy atom. The number of fused-ring (bicyclic) bond motifs is 1. The Labute approximate surface area is 202 Å². The molecule has 0 saturated carbocycles. The normalized spacial score (nSPS) is 14.7. The minimum atomic E-state index is 0. The lowest BCUT2D eigenvalue weighted by Crippen LogP contribution is -2.37. The summed E-state index contributed by atoms with van der Waals surface area (Å²) in [6.45, 7) is 3.79. The quantitative estimate of drug-likeness (QED) is 0.249. The zero-order chi connectivity index (χ0) is 20.6. The van der Waals surface area contributed by atoms with E-state index in [4.69, 9.17) is 0 Å². The van der Waals surface area contributed by atoms with Crippen molar-refractivity contribution in [1.82, 2.24) is 20.6 Å². The van der Waals surface area contributed by atoms with Gasteiger partial charge >= 0.3 is 0 Å². The summed E-state index contributed by atoms with van der Waals surface area (Å²) < 4.78 is 0. The number of aliphatic imine (C=N–C) groups is 1. The van der Waals surface area contributed by atoms with Crippen molar-refractivity contribution >= 4 is 46.7 Å². The fraction of sp³-hybridized carbons (Fsp3) is 0.417. The average Bonchev–Trinajstić information content (AvgIpc) is 3.00. The highest BCUT2D eigenvalue weighted by atomic mass is 127. The van der Waals surface area contributed by atoms with Crippen LogP contribution >= 0.6 is 24.0 Å².